The molecule has 1 fully saturated rings. The zero-order valence-electron chi connectivity index (χ0n) is 11.6. The van der Waals surface area contributed by atoms with Crippen molar-refractivity contribution >= 4 is 17.7 Å². The Morgan fingerprint density at radius 2 is 1.81 bits per heavy atom. The number of para-hydroxylation sites is 1. The number of urea groups is 1. The molecule has 0 radical (unpaired) electrons. The number of carboxylic acids is 1. The zero-order chi connectivity index (χ0) is 15.0. The predicted molar refractivity (Wildman–Crippen MR) is 76.4 cm³/mol. The minimum atomic E-state index is -0.910. The first-order valence-corrected chi connectivity index (χ1v) is 7.14. The molecule has 1 saturated heterocycles. The monoisotopic (exact) mass is 290 g/mol. The van der Waals surface area contributed by atoms with Crippen molar-refractivity contribution < 1.29 is 19.8 Å². The molecule has 0 saturated carbocycles. The third-order valence-corrected chi connectivity index (χ3v) is 4.23. The summed E-state index contributed by atoms with van der Waals surface area (Å²) in [5.41, 5.74) is 1.37. The standard InChI is InChI=1S/C15H18N2O4/c18-10-5-7-16(8-6-10)15(21)17-9-12(14(19)20)11-3-1-2-4-13(11)17/h1-4,10,12,18H,5-9H2,(H,19,20). The number of anilines is 1. The SMILES string of the molecule is O=C(O)C1CN(C(=O)N2CCC(O)CC2)c2ccccc21. The second-order valence-electron chi connectivity index (χ2n) is 5.56. The lowest BCUT2D eigenvalue weighted by atomic mass is 10.0. The van der Waals surface area contributed by atoms with E-state index in [9.17, 15) is 19.8 Å². The Labute approximate surface area is 122 Å². The van der Waals surface area contributed by atoms with Crippen LogP contribution in [0.2, 0.25) is 0 Å². The van der Waals surface area contributed by atoms with Gasteiger partial charge in [-0.2, -0.15) is 0 Å². The summed E-state index contributed by atoms with van der Waals surface area (Å²) >= 11 is 0. The van der Waals surface area contributed by atoms with Crippen LogP contribution >= 0.6 is 0 Å². The number of nitrogens with zero attached hydrogens (tertiary/aromatic N) is 2. The van der Waals surface area contributed by atoms with Gasteiger partial charge in [-0.05, 0) is 24.5 Å². The summed E-state index contributed by atoms with van der Waals surface area (Å²) in [6, 6.07) is 6.98. The van der Waals surface area contributed by atoms with Crippen LogP contribution in [0.5, 0.6) is 0 Å². The molecule has 1 aromatic rings. The fraction of sp³-hybridized carbons (Fsp3) is 0.467. The summed E-state index contributed by atoms with van der Waals surface area (Å²) in [5, 5.41) is 18.8. The van der Waals surface area contributed by atoms with E-state index in [1.165, 1.54) is 0 Å². The highest BCUT2D eigenvalue weighted by atomic mass is 16.4. The molecule has 0 spiro atoms. The van der Waals surface area contributed by atoms with E-state index in [-0.39, 0.29) is 18.7 Å². The van der Waals surface area contributed by atoms with Gasteiger partial charge in [-0.15, -0.1) is 0 Å². The molecule has 3 rings (SSSR count). The molecule has 2 amide bonds. The van der Waals surface area contributed by atoms with Gasteiger partial charge in [0.1, 0.15) is 5.92 Å². The first kappa shape index (κ1) is 13.9. The third kappa shape index (κ3) is 2.47. The number of carbonyl (C=O) groups excluding carboxylic acids is 1. The topological polar surface area (TPSA) is 81.1 Å². The van der Waals surface area contributed by atoms with E-state index >= 15 is 0 Å². The van der Waals surface area contributed by atoms with E-state index in [4.69, 9.17) is 0 Å². The van der Waals surface area contributed by atoms with Crippen LogP contribution in [0.25, 0.3) is 0 Å². The van der Waals surface area contributed by atoms with Crippen LogP contribution in [0.1, 0.15) is 24.3 Å². The van der Waals surface area contributed by atoms with Gasteiger partial charge in [-0.3, -0.25) is 9.69 Å². The van der Waals surface area contributed by atoms with E-state index in [0.29, 0.717) is 37.2 Å². The number of aliphatic hydroxyl groups is 1. The number of hydrogen-bond acceptors (Lipinski definition) is 3. The Balaban J connectivity index is 1.83. The molecular weight excluding hydrogens is 272 g/mol. The van der Waals surface area contributed by atoms with Gasteiger partial charge < -0.3 is 15.1 Å². The number of rotatable bonds is 1. The van der Waals surface area contributed by atoms with Crippen LogP contribution in [0.15, 0.2) is 24.3 Å². The molecule has 0 bridgehead atoms. The molecule has 6 heteroatoms. The summed E-state index contributed by atoms with van der Waals surface area (Å²) in [4.78, 5) is 27.2. The van der Waals surface area contributed by atoms with Gasteiger partial charge in [0.15, 0.2) is 0 Å². The van der Waals surface area contributed by atoms with Crippen LogP contribution in [0.4, 0.5) is 10.5 Å². The van der Waals surface area contributed by atoms with Gasteiger partial charge >= 0.3 is 12.0 Å². The highest BCUT2D eigenvalue weighted by molar-refractivity contribution is 5.98. The number of benzene rings is 1. The van der Waals surface area contributed by atoms with Crippen molar-refractivity contribution in [2.75, 3.05) is 24.5 Å². The first-order chi connectivity index (χ1) is 10.1. The van der Waals surface area contributed by atoms with Gasteiger partial charge in [0, 0.05) is 25.3 Å². The summed E-state index contributed by atoms with van der Waals surface area (Å²) < 4.78 is 0. The molecule has 2 aliphatic rings. The number of hydrogen-bond donors (Lipinski definition) is 2. The molecule has 1 unspecified atom stereocenters. The van der Waals surface area contributed by atoms with Gasteiger partial charge in [-0.1, -0.05) is 18.2 Å². The molecule has 2 aliphatic heterocycles. The number of aliphatic carboxylic acids is 1. The van der Waals surface area contributed by atoms with E-state index in [1.807, 2.05) is 6.07 Å². The summed E-state index contributed by atoms with van der Waals surface area (Å²) in [7, 11) is 0. The summed E-state index contributed by atoms with van der Waals surface area (Å²) in [5.74, 6) is -1.58. The predicted octanol–water partition coefficient (Wildman–Crippen LogP) is 1.25. The molecule has 1 aromatic carbocycles. The van der Waals surface area contributed by atoms with Crippen LogP contribution in [0.3, 0.4) is 0 Å². The smallest absolute Gasteiger partial charge is 0.324 e. The second kappa shape index (κ2) is 5.37. The molecule has 1 atom stereocenters. The molecule has 0 aliphatic carbocycles. The molecule has 2 heterocycles. The van der Waals surface area contributed by atoms with E-state index in [2.05, 4.69) is 0 Å². The lowest BCUT2D eigenvalue weighted by Crippen LogP contribution is -2.47. The lowest BCUT2D eigenvalue weighted by Gasteiger charge is -2.33. The van der Waals surface area contributed by atoms with Crippen molar-refractivity contribution in [1.82, 2.24) is 4.90 Å². The Bertz CT molecular complexity index is 567. The molecule has 6 nitrogen and oxygen atoms in total. The maximum Gasteiger partial charge on any atom is 0.324 e. The molecule has 112 valence electrons. The Morgan fingerprint density at radius 1 is 1.14 bits per heavy atom. The lowest BCUT2D eigenvalue weighted by molar-refractivity contribution is -0.138. The molecule has 2 N–H and O–H groups in total. The van der Waals surface area contributed by atoms with Crippen molar-refractivity contribution in [2.45, 2.75) is 24.9 Å². The quantitative estimate of drug-likeness (QED) is 0.815. The fourth-order valence-electron chi connectivity index (χ4n) is 3.03. The third-order valence-electron chi connectivity index (χ3n) is 4.23. The van der Waals surface area contributed by atoms with Gasteiger partial charge in [0.2, 0.25) is 0 Å². The van der Waals surface area contributed by atoms with Gasteiger partial charge in [-0.25, -0.2) is 4.79 Å². The van der Waals surface area contributed by atoms with E-state index < -0.39 is 11.9 Å². The van der Waals surface area contributed by atoms with Crippen molar-refractivity contribution in [2.24, 2.45) is 0 Å². The van der Waals surface area contributed by atoms with Crippen LogP contribution < -0.4 is 4.90 Å². The van der Waals surface area contributed by atoms with Crippen molar-refractivity contribution in [3.8, 4) is 0 Å². The number of amides is 2. The number of carbonyl (C=O) groups is 2. The number of likely N-dealkylation sites (tertiary alicyclic amines) is 1. The highest BCUT2D eigenvalue weighted by Crippen LogP contribution is 2.37. The van der Waals surface area contributed by atoms with Crippen molar-refractivity contribution in [3.05, 3.63) is 29.8 Å². The first-order valence-electron chi connectivity index (χ1n) is 7.14. The molecule has 21 heavy (non-hydrogen) atoms. The van der Waals surface area contributed by atoms with Crippen molar-refractivity contribution in [3.63, 3.8) is 0 Å². The van der Waals surface area contributed by atoms with Crippen LogP contribution in [0, 0.1) is 0 Å². The minimum Gasteiger partial charge on any atom is -0.481 e. The van der Waals surface area contributed by atoms with Crippen LogP contribution in [-0.4, -0.2) is 52.9 Å². The van der Waals surface area contributed by atoms with E-state index in [0.717, 1.165) is 0 Å². The van der Waals surface area contributed by atoms with Crippen LogP contribution in [-0.2, 0) is 4.79 Å². The maximum atomic E-state index is 12.6. The zero-order valence-corrected chi connectivity index (χ0v) is 11.6. The Kier molecular flexibility index (Phi) is 3.55. The maximum absolute atomic E-state index is 12.6. The number of piperidine rings is 1. The summed E-state index contributed by atoms with van der Waals surface area (Å²) in [6.07, 6.45) is 0.805. The van der Waals surface area contributed by atoms with E-state index in [1.54, 1.807) is 28.0 Å². The number of carboxylic acid groups (broad SMARTS) is 1. The minimum absolute atomic E-state index is 0.168. The number of fused-ring (bicyclic) bond motifs is 1. The van der Waals surface area contributed by atoms with Gasteiger partial charge in [0.25, 0.3) is 0 Å². The average Bonchev–Trinajstić information content (AvgIpc) is 2.87. The van der Waals surface area contributed by atoms with Gasteiger partial charge in [0.05, 0.1) is 6.10 Å². The molecular formula is C15H18N2O4. The fourth-order valence-corrected chi connectivity index (χ4v) is 3.03. The molecule has 0 aromatic heterocycles. The Hall–Kier alpha value is -2.08. The average molecular weight is 290 g/mol. The Morgan fingerprint density at radius 3 is 2.48 bits per heavy atom. The highest BCUT2D eigenvalue weighted by Gasteiger charge is 2.38. The summed E-state index contributed by atoms with van der Waals surface area (Å²) in [6.45, 7) is 1.19. The van der Waals surface area contributed by atoms with Crippen molar-refractivity contribution in [1.29, 1.82) is 0 Å². The normalized spacial score (nSPS) is 22.2. The second-order valence-corrected chi connectivity index (χ2v) is 5.56. The largest absolute Gasteiger partial charge is 0.481 e. The number of aliphatic hydroxyl groups excluding tert-OH is 1.